The molecule has 1 aliphatic heterocycles. The Morgan fingerprint density at radius 3 is 3.06 bits per heavy atom. The normalized spacial score (nSPS) is 20.8. The molecule has 1 heterocycles. The van der Waals surface area contributed by atoms with Gasteiger partial charge < -0.3 is 10.5 Å². The van der Waals surface area contributed by atoms with E-state index >= 15 is 0 Å². The zero-order valence-electron chi connectivity index (χ0n) is 10.5. The van der Waals surface area contributed by atoms with E-state index in [0.29, 0.717) is 13.2 Å². The summed E-state index contributed by atoms with van der Waals surface area (Å²) in [5.41, 5.74) is 6.57. The van der Waals surface area contributed by atoms with Crippen LogP contribution in [0.25, 0.3) is 0 Å². The molecule has 0 aliphatic carbocycles. The fourth-order valence-corrected chi connectivity index (χ4v) is 2.70. The highest BCUT2D eigenvalue weighted by Crippen LogP contribution is 2.22. The topological polar surface area (TPSA) is 55.6 Å². The minimum absolute atomic E-state index is 0.377. The first kappa shape index (κ1) is 13.4. The molecule has 1 fully saturated rings. The number of nitrogens with two attached hydrogens (primary N) is 1. The summed E-state index contributed by atoms with van der Waals surface area (Å²) in [5.74, 6) is -0.377. The lowest BCUT2D eigenvalue weighted by Crippen LogP contribution is -2.47. The maximum absolute atomic E-state index is 11.1. The highest BCUT2D eigenvalue weighted by molar-refractivity contribution is 7.98. The van der Waals surface area contributed by atoms with Crippen LogP contribution < -0.4 is 5.73 Å². The standard InChI is InChI=1S/C13H18N2O2S/c1-18-12-5-3-2-4-10(12)8-15-6-7-17-11(9-15)13(14)16/h2-5,11H,6-9H2,1H3,(H2,14,16). The number of rotatable bonds is 4. The van der Waals surface area contributed by atoms with Gasteiger partial charge in [0.05, 0.1) is 6.61 Å². The summed E-state index contributed by atoms with van der Waals surface area (Å²) in [6.45, 7) is 2.82. The number of thioether (sulfide) groups is 1. The van der Waals surface area contributed by atoms with E-state index in [1.54, 1.807) is 11.8 Å². The summed E-state index contributed by atoms with van der Waals surface area (Å²) in [5, 5.41) is 0. The summed E-state index contributed by atoms with van der Waals surface area (Å²) in [6.07, 6.45) is 1.60. The molecule has 2 rings (SSSR count). The molecule has 1 unspecified atom stereocenters. The molecule has 0 spiro atoms. The van der Waals surface area contributed by atoms with Gasteiger partial charge in [-0.1, -0.05) is 18.2 Å². The molecule has 0 saturated carbocycles. The molecule has 1 aliphatic rings. The van der Waals surface area contributed by atoms with E-state index in [4.69, 9.17) is 10.5 Å². The van der Waals surface area contributed by atoms with Crippen molar-refractivity contribution in [2.45, 2.75) is 17.5 Å². The average Bonchev–Trinajstić information content (AvgIpc) is 2.39. The van der Waals surface area contributed by atoms with E-state index in [-0.39, 0.29) is 5.91 Å². The van der Waals surface area contributed by atoms with Gasteiger partial charge >= 0.3 is 0 Å². The lowest BCUT2D eigenvalue weighted by atomic mass is 10.2. The number of morpholine rings is 1. The summed E-state index contributed by atoms with van der Waals surface area (Å²) >= 11 is 1.74. The van der Waals surface area contributed by atoms with Gasteiger partial charge in [0.25, 0.3) is 0 Å². The Bertz CT molecular complexity index is 425. The van der Waals surface area contributed by atoms with Gasteiger partial charge in [0.1, 0.15) is 6.10 Å². The van der Waals surface area contributed by atoms with E-state index < -0.39 is 6.10 Å². The second-order valence-electron chi connectivity index (χ2n) is 4.31. The maximum atomic E-state index is 11.1. The Labute approximate surface area is 111 Å². The molecule has 2 N–H and O–H groups in total. The van der Waals surface area contributed by atoms with Crippen LogP contribution in [0, 0.1) is 0 Å². The minimum atomic E-state index is -0.472. The third kappa shape index (κ3) is 3.25. The van der Waals surface area contributed by atoms with Crippen molar-refractivity contribution in [1.29, 1.82) is 0 Å². The van der Waals surface area contributed by atoms with E-state index in [1.165, 1.54) is 10.5 Å². The molecule has 0 aromatic heterocycles. The van der Waals surface area contributed by atoms with Gasteiger partial charge in [0, 0.05) is 24.5 Å². The second-order valence-corrected chi connectivity index (χ2v) is 5.16. The van der Waals surface area contributed by atoms with E-state index in [9.17, 15) is 4.79 Å². The van der Waals surface area contributed by atoms with Gasteiger partial charge in [-0.05, 0) is 17.9 Å². The zero-order valence-corrected chi connectivity index (χ0v) is 11.3. The Morgan fingerprint density at radius 2 is 2.33 bits per heavy atom. The summed E-state index contributed by atoms with van der Waals surface area (Å²) in [4.78, 5) is 14.6. The number of hydrogen-bond donors (Lipinski definition) is 1. The Kier molecular flexibility index (Phi) is 4.63. The van der Waals surface area contributed by atoms with Crippen molar-refractivity contribution in [3.8, 4) is 0 Å². The highest BCUT2D eigenvalue weighted by Gasteiger charge is 2.24. The van der Waals surface area contributed by atoms with Crippen LogP contribution in [0.5, 0.6) is 0 Å². The molecule has 18 heavy (non-hydrogen) atoms. The van der Waals surface area contributed by atoms with Crippen molar-refractivity contribution in [2.24, 2.45) is 5.73 Å². The van der Waals surface area contributed by atoms with Gasteiger partial charge in [-0.15, -0.1) is 11.8 Å². The predicted octanol–water partition coefficient (Wildman–Crippen LogP) is 1.09. The molecule has 1 aromatic carbocycles. The molecular weight excluding hydrogens is 248 g/mol. The van der Waals surface area contributed by atoms with Crippen LogP contribution >= 0.6 is 11.8 Å². The van der Waals surface area contributed by atoms with Crippen molar-refractivity contribution < 1.29 is 9.53 Å². The van der Waals surface area contributed by atoms with Crippen LogP contribution in [-0.2, 0) is 16.1 Å². The molecule has 0 radical (unpaired) electrons. The Balaban J connectivity index is 2.02. The molecule has 4 nitrogen and oxygen atoms in total. The smallest absolute Gasteiger partial charge is 0.247 e. The third-order valence-electron chi connectivity index (χ3n) is 3.05. The molecule has 1 amide bonds. The molecule has 5 heteroatoms. The predicted molar refractivity (Wildman–Crippen MR) is 72.4 cm³/mol. The van der Waals surface area contributed by atoms with Gasteiger partial charge in [0.2, 0.25) is 5.91 Å². The van der Waals surface area contributed by atoms with Crippen LogP contribution in [0.2, 0.25) is 0 Å². The first-order valence-corrected chi connectivity index (χ1v) is 7.18. The minimum Gasteiger partial charge on any atom is -0.367 e. The fourth-order valence-electron chi connectivity index (χ4n) is 2.09. The Morgan fingerprint density at radius 1 is 1.56 bits per heavy atom. The van der Waals surface area contributed by atoms with Gasteiger partial charge in [-0.2, -0.15) is 0 Å². The van der Waals surface area contributed by atoms with Crippen LogP contribution in [0.1, 0.15) is 5.56 Å². The van der Waals surface area contributed by atoms with Gasteiger partial charge in [0.15, 0.2) is 0 Å². The van der Waals surface area contributed by atoms with E-state index in [0.717, 1.165) is 13.1 Å². The molecule has 98 valence electrons. The first-order valence-electron chi connectivity index (χ1n) is 5.96. The molecule has 1 saturated heterocycles. The van der Waals surface area contributed by atoms with Crippen molar-refractivity contribution in [3.63, 3.8) is 0 Å². The second kappa shape index (κ2) is 6.22. The van der Waals surface area contributed by atoms with Crippen LogP contribution in [0.15, 0.2) is 29.2 Å². The highest BCUT2D eigenvalue weighted by atomic mass is 32.2. The molecule has 0 bridgehead atoms. The lowest BCUT2D eigenvalue weighted by Gasteiger charge is -2.31. The zero-order chi connectivity index (χ0) is 13.0. The van der Waals surface area contributed by atoms with Gasteiger partial charge in [-0.3, -0.25) is 9.69 Å². The van der Waals surface area contributed by atoms with Crippen molar-refractivity contribution in [3.05, 3.63) is 29.8 Å². The number of primary amides is 1. The number of nitrogens with zero attached hydrogens (tertiary/aromatic N) is 1. The van der Waals surface area contributed by atoms with Crippen molar-refractivity contribution >= 4 is 17.7 Å². The fraction of sp³-hybridized carbons (Fsp3) is 0.462. The van der Waals surface area contributed by atoms with Crippen molar-refractivity contribution in [2.75, 3.05) is 26.0 Å². The number of ether oxygens (including phenoxy) is 1. The first-order chi connectivity index (χ1) is 8.70. The summed E-state index contributed by atoms with van der Waals surface area (Å²) in [7, 11) is 0. The van der Waals surface area contributed by atoms with Gasteiger partial charge in [-0.25, -0.2) is 0 Å². The molecule has 1 atom stereocenters. The largest absolute Gasteiger partial charge is 0.367 e. The van der Waals surface area contributed by atoms with E-state index in [1.807, 2.05) is 12.1 Å². The number of amides is 1. The summed E-state index contributed by atoms with van der Waals surface area (Å²) in [6, 6.07) is 8.33. The van der Waals surface area contributed by atoms with Crippen molar-refractivity contribution in [1.82, 2.24) is 4.90 Å². The number of carbonyl (C=O) groups is 1. The summed E-state index contributed by atoms with van der Waals surface area (Å²) < 4.78 is 5.34. The van der Waals surface area contributed by atoms with Crippen LogP contribution in [-0.4, -0.2) is 42.9 Å². The average molecular weight is 266 g/mol. The lowest BCUT2D eigenvalue weighted by molar-refractivity contribution is -0.135. The molecule has 1 aromatic rings. The van der Waals surface area contributed by atoms with Crippen LogP contribution in [0.3, 0.4) is 0 Å². The maximum Gasteiger partial charge on any atom is 0.247 e. The monoisotopic (exact) mass is 266 g/mol. The third-order valence-corrected chi connectivity index (χ3v) is 3.89. The van der Waals surface area contributed by atoms with E-state index in [2.05, 4.69) is 23.3 Å². The quantitative estimate of drug-likeness (QED) is 0.829. The SMILES string of the molecule is CSc1ccccc1CN1CCOC(C(N)=O)C1. The Hall–Kier alpha value is -1.04. The number of benzene rings is 1. The van der Waals surface area contributed by atoms with Crippen LogP contribution in [0.4, 0.5) is 0 Å². The number of hydrogen-bond acceptors (Lipinski definition) is 4. The molecular formula is C13H18N2O2S. The number of carbonyl (C=O) groups excluding carboxylic acids is 1.